The number of fused-ring (bicyclic) bond motifs is 1. The van der Waals surface area contributed by atoms with E-state index in [1.54, 1.807) is 12.4 Å². The van der Waals surface area contributed by atoms with E-state index < -0.39 is 0 Å². The fourth-order valence-electron chi connectivity index (χ4n) is 3.71. The highest BCUT2D eigenvalue weighted by Gasteiger charge is 2.32. The van der Waals surface area contributed by atoms with Crippen LogP contribution in [-0.2, 0) is 12.8 Å². The van der Waals surface area contributed by atoms with Crippen molar-refractivity contribution in [2.75, 3.05) is 13.1 Å². The van der Waals surface area contributed by atoms with Crippen LogP contribution in [0.3, 0.4) is 0 Å². The van der Waals surface area contributed by atoms with E-state index in [2.05, 4.69) is 15.5 Å². The number of carbonyl (C=O) groups excluding carboxylic acids is 2. The summed E-state index contributed by atoms with van der Waals surface area (Å²) < 4.78 is 5.40. The number of rotatable bonds is 3. The van der Waals surface area contributed by atoms with Crippen LogP contribution in [0, 0.1) is 6.92 Å². The molecule has 26 heavy (non-hydrogen) atoms. The first-order valence-electron chi connectivity index (χ1n) is 9.11. The van der Waals surface area contributed by atoms with Gasteiger partial charge in [-0.15, -0.1) is 0 Å². The van der Waals surface area contributed by atoms with Gasteiger partial charge in [0.1, 0.15) is 5.76 Å². The molecule has 1 fully saturated rings. The highest BCUT2D eigenvalue weighted by atomic mass is 16.5. The van der Waals surface area contributed by atoms with Gasteiger partial charge in [0, 0.05) is 43.5 Å². The standard InChI is InChI=1S/C19H22N4O3/c1-12-8-13(11-20-10-12)18(24)21-14-4-5-16-15(9-14)17(22-26-16)19(25)23-6-2-3-7-23/h8,10-11,14H,2-7,9H2,1H3,(H,21,24). The van der Waals surface area contributed by atoms with Gasteiger partial charge in [0.05, 0.1) is 5.56 Å². The SMILES string of the molecule is Cc1cncc(C(=O)NC2CCc3onc(C(=O)N4CCCC4)c3C2)c1. The fraction of sp³-hybridized carbons (Fsp3) is 0.474. The highest BCUT2D eigenvalue weighted by Crippen LogP contribution is 2.26. The first-order chi connectivity index (χ1) is 12.6. The number of likely N-dealkylation sites (tertiary alicyclic amines) is 1. The van der Waals surface area contributed by atoms with Gasteiger partial charge in [0.15, 0.2) is 5.69 Å². The minimum atomic E-state index is -0.140. The summed E-state index contributed by atoms with van der Waals surface area (Å²) >= 11 is 0. The van der Waals surface area contributed by atoms with Crippen molar-refractivity contribution in [1.29, 1.82) is 0 Å². The van der Waals surface area contributed by atoms with Gasteiger partial charge in [-0.3, -0.25) is 14.6 Å². The van der Waals surface area contributed by atoms with Crippen LogP contribution in [-0.4, -0.2) is 46.0 Å². The third-order valence-corrected chi connectivity index (χ3v) is 5.11. The first kappa shape index (κ1) is 16.8. The number of hydrogen-bond acceptors (Lipinski definition) is 5. The number of aromatic nitrogens is 2. The average Bonchev–Trinajstić information content (AvgIpc) is 3.31. The van der Waals surface area contributed by atoms with Gasteiger partial charge in [-0.25, -0.2) is 0 Å². The molecule has 2 aromatic heterocycles. The lowest BCUT2D eigenvalue weighted by Gasteiger charge is -2.23. The fourth-order valence-corrected chi connectivity index (χ4v) is 3.71. The molecule has 1 aliphatic carbocycles. The number of amides is 2. The molecule has 0 radical (unpaired) electrons. The van der Waals surface area contributed by atoms with E-state index in [1.165, 1.54) is 0 Å². The van der Waals surface area contributed by atoms with Crippen molar-refractivity contribution in [3.05, 3.63) is 46.6 Å². The van der Waals surface area contributed by atoms with Crippen LogP contribution >= 0.6 is 0 Å². The Balaban J connectivity index is 1.48. The van der Waals surface area contributed by atoms with Crippen molar-refractivity contribution < 1.29 is 14.1 Å². The lowest BCUT2D eigenvalue weighted by Crippen LogP contribution is -2.39. The summed E-state index contributed by atoms with van der Waals surface area (Å²) in [5.41, 5.74) is 2.76. The molecule has 7 nitrogen and oxygen atoms in total. The second-order valence-corrected chi connectivity index (χ2v) is 7.10. The zero-order chi connectivity index (χ0) is 18.1. The Morgan fingerprint density at radius 3 is 2.85 bits per heavy atom. The van der Waals surface area contributed by atoms with Gasteiger partial charge in [-0.05, 0) is 44.2 Å². The number of nitrogens with one attached hydrogen (secondary N) is 1. The minimum Gasteiger partial charge on any atom is -0.360 e. The normalized spacial score (nSPS) is 19.3. The molecule has 2 aliphatic rings. The van der Waals surface area contributed by atoms with Crippen molar-refractivity contribution in [2.45, 2.75) is 45.1 Å². The van der Waals surface area contributed by atoms with Crippen LogP contribution in [0.1, 0.15) is 57.0 Å². The number of pyridine rings is 1. The maximum Gasteiger partial charge on any atom is 0.276 e. The predicted octanol–water partition coefficient (Wildman–Crippen LogP) is 1.90. The predicted molar refractivity (Wildman–Crippen MR) is 93.9 cm³/mol. The third-order valence-electron chi connectivity index (χ3n) is 5.11. The molecule has 1 saturated heterocycles. The summed E-state index contributed by atoms with van der Waals surface area (Å²) in [5.74, 6) is 0.580. The summed E-state index contributed by atoms with van der Waals surface area (Å²) in [4.78, 5) is 31.1. The van der Waals surface area contributed by atoms with Crippen LogP contribution in [0.2, 0.25) is 0 Å². The molecule has 0 spiro atoms. The molecular weight excluding hydrogens is 332 g/mol. The molecule has 2 amide bonds. The lowest BCUT2D eigenvalue weighted by molar-refractivity contribution is 0.0781. The average molecular weight is 354 g/mol. The first-order valence-corrected chi connectivity index (χ1v) is 9.11. The van der Waals surface area contributed by atoms with Crippen molar-refractivity contribution in [1.82, 2.24) is 20.4 Å². The smallest absolute Gasteiger partial charge is 0.276 e. The Hall–Kier alpha value is -2.70. The summed E-state index contributed by atoms with van der Waals surface area (Å²) in [6.45, 7) is 3.46. The van der Waals surface area contributed by atoms with Crippen molar-refractivity contribution in [3.63, 3.8) is 0 Å². The maximum absolute atomic E-state index is 12.7. The van der Waals surface area contributed by atoms with E-state index in [0.717, 1.165) is 49.2 Å². The summed E-state index contributed by atoms with van der Waals surface area (Å²) in [6, 6.07) is 1.78. The molecule has 0 saturated carbocycles. The molecule has 1 unspecified atom stereocenters. The topological polar surface area (TPSA) is 88.3 Å². The Morgan fingerprint density at radius 2 is 2.08 bits per heavy atom. The molecule has 7 heteroatoms. The second kappa shape index (κ2) is 6.90. The number of aryl methyl sites for hydroxylation is 2. The van der Waals surface area contributed by atoms with E-state index in [1.807, 2.05) is 17.9 Å². The molecule has 4 rings (SSSR count). The molecule has 3 heterocycles. The zero-order valence-electron chi connectivity index (χ0n) is 14.8. The highest BCUT2D eigenvalue weighted by molar-refractivity contribution is 5.95. The van der Waals surface area contributed by atoms with E-state index in [0.29, 0.717) is 24.1 Å². The number of carbonyl (C=O) groups is 2. The minimum absolute atomic E-state index is 0.0416. The molecule has 0 bridgehead atoms. The van der Waals surface area contributed by atoms with Crippen molar-refractivity contribution >= 4 is 11.8 Å². The largest absolute Gasteiger partial charge is 0.360 e. The maximum atomic E-state index is 12.7. The van der Waals surface area contributed by atoms with E-state index in [9.17, 15) is 9.59 Å². The Bertz CT molecular complexity index is 839. The van der Waals surface area contributed by atoms with Crippen LogP contribution in [0.15, 0.2) is 23.0 Å². The van der Waals surface area contributed by atoms with E-state index in [-0.39, 0.29) is 17.9 Å². The van der Waals surface area contributed by atoms with E-state index >= 15 is 0 Å². The summed E-state index contributed by atoms with van der Waals surface area (Å²) in [6.07, 6.45) is 7.37. The number of nitrogens with zero attached hydrogens (tertiary/aromatic N) is 3. The van der Waals surface area contributed by atoms with Crippen LogP contribution in [0.25, 0.3) is 0 Å². The third kappa shape index (κ3) is 3.21. The van der Waals surface area contributed by atoms with Gasteiger partial charge in [0.2, 0.25) is 0 Å². The zero-order valence-corrected chi connectivity index (χ0v) is 14.8. The monoisotopic (exact) mass is 354 g/mol. The second-order valence-electron chi connectivity index (χ2n) is 7.10. The molecule has 1 aliphatic heterocycles. The van der Waals surface area contributed by atoms with Gasteiger partial charge in [0.25, 0.3) is 11.8 Å². The lowest BCUT2D eigenvalue weighted by atomic mass is 9.91. The Morgan fingerprint density at radius 1 is 1.27 bits per heavy atom. The van der Waals surface area contributed by atoms with Crippen LogP contribution in [0.4, 0.5) is 0 Å². The Labute approximate surface area is 151 Å². The summed E-state index contributed by atoms with van der Waals surface area (Å²) in [5, 5.41) is 7.09. The van der Waals surface area contributed by atoms with Gasteiger partial charge in [-0.2, -0.15) is 0 Å². The molecule has 136 valence electrons. The van der Waals surface area contributed by atoms with E-state index in [4.69, 9.17) is 4.52 Å². The van der Waals surface area contributed by atoms with Gasteiger partial charge in [-0.1, -0.05) is 5.16 Å². The molecule has 1 N–H and O–H groups in total. The number of hydrogen-bond donors (Lipinski definition) is 1. The van der Waals surface area contributed by atoms with Crippen LogP contribution < -0.4 is 5.32 Å². The summed E-state index contributed by atoms with van der Waals surface area (Å²) in [7, 11) is 0. The molecule has 0 aromatic carbocycles. The van der Waals surface area contributed by atoms with Crippen molar-refractivity contribution in [3.8, 4) is 0 Å². The van der Waals surface area contributed by atoms with Crippen LogP contribution in [0.5, 0.6) is 0 Å². The molecule has 2 aromatic rings. The van der Waals surface area contributed by atoms with Gasteiger partial charge < -0.3 is 14.7 Å². The quantitative estimate of drug-likeness (QED) is 0.909. The van der Waals surface area contributed by atoms with Crippen molar-refractivity contribution in [2.24, 2.45) is 0 Å². The molecular formula is C19H22N4O3. The molecule has 1 atom stereocenters. The van der Waals surface area contributed by atoms with Gasteiger partial charge >= 0.3 is 0 Å². The Kier molecular flexibility index (Phi) is 4.44.